The fraction of sp³-hybridized carbons (Fsp3) is 0.211. The lowest BCUT2D eigenvalue weighted by Crippen LogP contribution is -2.08. The van der Waals surface area contributed by atoms with E-state index in [1.54, 1.807) is 36.0 Å². The van der Waals surface area contributed by atoms with Crippen molar-refractivity contribution in [2.75, 3.05) is 25.3 Å². The number of halogens is 3. The number of imidazole rings is 1. The topological polar surface area (TPSA) is 31.9 Å². The monoisotopic (exact) mass is 377 g/mol. The van der Waals surface area contributed by atoms with Gasteiger partial charge in [-0.05, 0) is 30.5 Å². The zero-order valence-electron chi connectivity index (χ0n) is 14.6. The summed E-state index contributed by atoms with van der Waals surface area (Å²) in [6, 6.07) is 14.7. The van der Waals surface area contributed by atoms with E-state index in [9.17, 15) is 13.2 Å². The normalized spacial score (nSPS) is 11.6. The number of alkyl halides is 3. The fourth-order valence-electron chi connectivity index (χ4n) is 2.60. The minimum Gasteiger partial charge on any atom is -0.378 e. The first-order valence-electron chi connectivity index (χ1n) is 7.89. The number of nitrogens with one attached hydrogen (secondary N) is 1. The van der Waals surface area contributed by atoms with Crippen molar-refractivity contribution in [1.29, 1.82) is 0 Å². The molecule has 0 fully saturated rings. The van der Waals surface area contributed by atoms with Crippen LogP contribution in [0.1, 0.15) is 5.82 Å². The molecule has 1 aromatic heterocycles. The number of hydrogen-bond donors (Lipinski definition) is 1. The molecule has 0 saturated carbocycles. The molecule has 3 aromatic rings. The van der Waals surface area contributed by atoms with Gasteiger partial charge in [-0.2, -0.15) is 13.2 Å². The van der Waals surface area contributed by atoms with Crippen LogP contribution in [0.5, 0.6) is 0 Å². The summed E-state index contributed by atoms with van der Waals surface area (Å²) in [6.07, 6.45) is -2.58. The van der Waals surface area contributed by atoms with Gasteiger partial charge in [0.25, 0.3) is 0 Å². The highest BCUT2D eigenvalue weighted by Gasteiger charge is 2.36. The molecule has 0 radical (unpaired) electrons. The Bertz CT molecular complexity index is 882. The predicted molar refractivity (Wildman–Crippen MR) is 101 cm³/mol. The molecular weight excluding hydrogens is 359 g/mol. The molecule has 0 aliphatic rings. The summed E-state index contributed by atoms with van der Waals surface area (Å²) in [4.78, 5) is 9.27. The summed E-state index contributed by atoms with van der Waals surface area (Å²) in [6.45, 7) is 0. The minimum absolute atomic E-state index is 0.294. The number of rotatable bonds is 4. The highest BCUT2D eigenvalue weighted by molar-refractivity contribution is 7.98. The van der Waals surface area contributed by atoms with Gasteiger partial charge in [-0.15, -0.1) is 11.8 Å². The molecule has 136 valence electrons. The van der Waals surface area contributed by atoms with E-state index in [1.807, 2.05) is 49.5 Å². The Kier molecular flexibility index (Phi) is 5.00. The van der Waals surface area contributed by atoms with Crippen molar-refractivity contribution in [3.8, 4) is 22.5 Å². The molecule has 0 aliphatic carbocycles. The van der Waals surface area contributed by atoms with Gasteiger partial charge in [0.05, 0.1) is 11.4 Å². The quantitative estimate of drug-likeness (QED) is 0.605. The van der Waals surface area contributed by atoms with Gasteiger partial charge in [-0.1, -0.05) is 24.3 Å². The van der Waals surface area contributed by atoms with Crippen LogP contribution < -0.4 is 4.90 Å². The van der Waals surface area contributed by atoms with Crippen LogP contribution >= 0.6 is 11.8 Å². The maximum Gasteiger partial charge on any atom is 0.449 e. The van der Waals surface area contributed by atoms with Crippen LogP contribution in [0.25, 0.3) is 22.5 Å². The molecular formula is C19H18F3N3S. The van der Waals surface area contributed by atoms with E-state index in [0.29, 0.717) is 22.5 Å². The molecule has 2 aromatic carbocycles. The first-order chi connectivity index (χ1) is 12.3. The van der Waals surface area contributed by atoms with E-state index in [2.05, 4.69) is 9.97 Å². The number of nitrogens with zero attached hydrogens (tertiary/aromatic N) is 2. The molecule has 26 heavy (non-hydrogen) atoms. The Labute approximate surface area is 154 Å². The van der Waals surface area contributed by atoms with Crippen molar-refractivity contribution in [2.24, 2.45) is 0 Å². The lowest BCUT2D eigenvalue weighted by atomic mass is 10.0. The van der Waals surface area contributed by atoms with Crippen LogP contribution in [-0.2, 0) is 6.18 Å². The number of H-pyrrole nitrogens is 1. The number of anilines is 1. The second kappa shape index (κ2) is 7.07. The van der Waals surface area contributed by atoms with Crippen molar-refractivity contribution in [1.82, 2.24) is 9.97 Å². The zero-order chi connectivity index (χ0) is 18.9. The van der Waals surface area contributed by atoms with Gasteiger partial charge in [0, 0.05) is 35.8 Å². The average molecular weight is 377 g/mol. The minimum atomic E-state index is -4.53. The third kappa shape index (κ3) is 3.72. The molecule has 0 atom stereocenters. The lowest BCUT2D eigenvalue weighted by Gasteiger charge is -2.12. The van der Waals surface area contributed by atoms with Crippen LogP contribution in [0.4, 0.5) is 18.9 Å². The van der Waals surface area contributed by atoms with Crippen LogP contribution in [0.3, 0.4) is 0 Å². The van der Waals surface area contributed by atoms with Gasteiger partial charge in [0.2, 0.25) is 5.82 Å². The molecule has 3 rings (SSSR count). The van der Waals surface area contributed by atoms with Crippen molar-refractivity contribution in [3.63, 3.8) is 0 Å². The molecule has 0 unspecified atom stereocenters. The molecule has 1 N–H and O–H groups in total. The third-order valence-corrected chi connectivity index (χ3v) is 4.75. The number of aromatic nitrogens is 2. The maximum atomic E-state index is 13.2. The Morgan fingerprint density at radius 2 is 1.50 bits per heavy atom. The molecule has 3 nitrogen and oxygen atoms in total. The second-order valence-corrected chi connectivity index (χ2v) is 6.86. The SMILES string of the molecule is CSc1ccc(-c2nc(C(F)(F)F)[nH]c2-c2ccc(N(C)C)cc2)cc1. The van der Waals surface area contributed by atoms with Gasteiger partial charge >= 0.3 is 6.18 Å². The Balaban J connectivity index is 2.11. The summed E-state index contributed by atoms with van der Waals surface area (Å²) >= 11 is 1.57. The zero-order valence-corrected chi connectivity index (χ0v) is 15.4. The van der Waals surface area contributed by atoms with Gasteiger partial charge in [0.15, 0.2) is 0 Å². The highest BCUT2D eigenvalue weighted by atomic mass is 32.2. The summed E-state index contributed by atoms with van der Waals surface area (Å²) < 4.78 is 39.6. The van der Waals surface area contributed by atoms with E-state index < -0.39 is 12.0 Å². The largest absolute Gasteiger partial charge is 0.449 e. The van der Waals surface area contributed by atoms with E-state index in [4.69, 9.17) is 0 Å². The number of aromatic amines is 1. The fourth-order valence-corrected chi connectivity index (χ4v) is 3.01. The smallest absolute Gasteiger partial charge is 0.378 e. The van der Waals surface area contributed by atoms with Gasteiger partial charge in [-0.3, -0.25) is 0 Å². The Hall–Kier alpha value is -2.41. The molecule has 0 amide bonds. The lowest BCUT2D eigenvalue weighted by molar-refractivity contribution is -0.144. The van der Waals surface area contributed by atoms with Crippen LogP contribution in [0.2, 0.25) is 0 Å². The number of hydrogen-bond acceptors (Lipinski definition) is 3. The van der Waals surface area contributed by atoms with Crippen molar-refractivity contribution < 1.29 is 13.2 Å². The van der Waals surface area contributed by atoms with E-state index in [0.717, 1.165) is 10.6 Å². The highest BCUT2D eigenvalue weighted by Crippen LogP contribution is 2.36. The molecule has 0 saturated heterocycles. The Morgan fingerprint density at radius 3 is 2.00 bits per heavy atom. The third-order valence-electron chi connectivity index (χ3n) is 4.01. The van der Waals surface area contributed by atoms with Crippen molar-refractivity contribution in [2.45, 2.75) is 11.1 Å². The van der Waals surface area contributed by atoms with Gasteiger partial charge in [0.1, 0.15) is 0 Å². The van der Waals surface area contributed by atoms with E-state index in [1.165, 1.54) is 0 Å². The molecule has 1 heterocycles. The molecule has 7 heteroatoms. The summed E-state index contributed by atoms with van der Waals surface area (Å²) in [5.41, 5.74) is 2.92. The standard InChI is InChI=1S/C19H18F3N3S/c1-25(2)14-8-4-12(5-9-14)16-17(24-18(23-16)19(20,21)22)13-6-10-15(26-3)11-7-13/h4-11H,1-3H3,(H,23,24). The predicted octanol–water partition coefficient (Wildman–Crippen LogP) is 5.55. The van der Waals surface area contributed by atoms with Crippen molar-refractivity contribution in [3.05, 3.63) is 54.4 Å². The molecule has 0 spiro atoms. The van der Waals surface area contributed by atoms with Crippen LogP contribution in [-0.4, -0.2) is 30.3 Å². The average Bonchev–Trinajstić information content (AvgIpc) is 3.07. The maximum absolute atomic E-state index is 13.2. The van der Waals surface area contributed by atoms with Crippen LogP contribution in [0.15, 0.2) is 53.4 Å². The summed E-state index contributed by atoms with van der Waals surface area (Å²) in [5, 5.41) is 0. The number of thioether (sulfide) groups is 1. The first-order valence-corrected chi connectivity index (χ1v) is 9.11. The van der Waals surface area contributed by atoms with E-state index >= 15 is 0 Å². The first kappa shape index (κ1) is 18.4. The molecule has 0 bridgehead atoms. The van der Waals surface area contributed by atoms with Crippen LogP contribution in [0, 0.1) is 0 Å². The van der Waals surface area contributed by atoms with E-state index in [-0.39, 0.29) is 0 Å². The summed E-state index contributed by atoms with van der Waals surface area (Å²) in [7, 11) is 3.82. The van der Waals surface area contributed by atoms with Crippen molar-refractivity contribution >= 4 is 17.4 Å². The Morgan fingerprint density at radius 1 is 0.923 bits per heavy atom. The van der Waals surface area contributed by atoms with Gasteiger partial charge < -0.3 is 9.88 Å². The number of benzene rings is 2. The van der Waals surface area contributed by atoms with Gasteiger partial charge in [-0.25, -0.2) is 4.98 Å². The second-order valence-electron chi connectivity index (χ2n) is 5.98. The summed E-state index contributed by atoms with van der Waals surface area (Å²) in [5.74, 6) is -0.992. The molecule has 0 aliphatic heterocycles.